The van der Waals surface area contributed by atoms with E-state index >= 15 is 0 Å². The third kappa shape index (κ3) is 1.48. The van der Waals surface area contributed by atoms with Gasteiger partial charge in [0, 0.05) is 12.5 Å². The molecule has 0 bridgehead atoms. The summed E-state index contributed by atoms with van der Waals surface area (Å²) in [6.07, 6.45) is 0. The molecular weight excluding hydrogens is 188 g/mol. The Morgan fingerprint density at radius 2 is 1.93 bits per heavy atom. The Balaban J connectivity index is 2.82. The van der Waals surface area contributed by atoms with Crippen LogP contribution in [0.1, 0.15) is 26.6 Å². The zero-order valence-electron chi connectivity index (χ0n) is 9.57. The molecule has 3 heteroatoms. The Labute approximate surface area is 89.4 Å². The summed E-state index contributed by atoms with van der Waals surface area (Å²) in [6, 6.07) is 5.43. The summed E-state index contributed by atoms with van der Waals surface area (Å²) in [5, 5.41) is 9.77. The Morgan fingerprint density at radius 1 is 1.27 bits per heavy atom. The van der Waals surface area contributed by atoms with Gasteiger partial charge in [0.2, 0.25) is 0 Å². The second-order valence-corrected chi connectivity index (χ2v) is 4.89. The van der Waals surface area contributed by atoms with Crippen molar-refractivity contribution >= 4 is 11.0 Å². The quantitative estimate of drug-likeness (QED) is 0.716. The minimum absolute atomic E-state index is 0.0137. The van der Waals surface area contributed by atoms with E-state index in [0.29, 0.717) is 0 Å². The molecule has 0 spiro atoms. The molecule has 0 aliphatic carbocycles. The average molecular weight is 204 g/mol. The normalized spacial score (nSPS) is 12.3. The molecule has 0 atom stereocenters. The van der Waals surface area contributed by atoms with Crippen LogP contribution in [0.15, 0.2) is 18.2 Å². The van der Waals surface area contributed by atoms with E-state index in [-0.39, 0.29) is 11.2 Å². The molecule has 3 nitrogen and oxygen atoms in total. The molecule has 0 unspecified atom stereocenters. The largest absolute Gasteiger partial charge is 0.506 e. The first-order chi connectivity index (χ1) is 6.91. The first kappa shape index (κ1) is 10.0. The number of phenols is 1. The second-order valence-electron chi connectivity index (χ2n) is 4.89. The van der Waals surface area contributed by atoms with Crippen molar-refractivity contribution in [2.75, 3.05) is 0 Å². The van der Waals surface area contributed by atoms with Crippen LogP contribution in [0.3, 0.4) is 0 Å². The third-order valence-electron chi connectivity index (χ3n) is 2.54. The van der Waals surface area contributed by atoms with Gasteiger partial charge in [0.25, 0.3) is 0 Å². The number of aromatic nitrogens is 2. The fourth-order valence-electron chi connectivity index (χ4n) is 1.92. The fourth-order valence-corrected chi connectivity index (χ4v) is 1.92. The van der Waals surface area contributed by atoms with E-state index in [0.717, 1.165) is 16.9 Å². The summed E-state index contributed by atoms with van der Waals surface area (Å²) < 4.78 is 1.96. The summed E-state index contributed by atoms with van der Waals surface area (Å²) in [5.74, 6) is 1.28. The first-order valence-corrected chi connectivity index (χ1v) is 5.06. The van der Waals surface area contributed by atoms with Crippen LogP contribution in [-0.2, 0) is 12.5 Å². The van der Waals surface area contributed by atoms with E-state index in [2.05, 4.69) is 25.8 Å². The number of hydrogen-bond acceptors (Lipinski definition) is 2. The van der Waals surface area contributed by atoms with Gasteiger partial charge in [-0.05, 0) is 12.1 Å². The van der Waals surface area contributed by atoms with Crippen molar-refractivity contribution in [1.82, 2.24) is 9.55 Å². The maximum Gasteiger partial charge on any atom is 0.141 e. The van der Waals surface area contributed by atoms with Crippen molar-refractivity contribution in [3.8, 4) is 5.75 Å². The Kier molecular flexibility index (Phi) is 2.00. The Morgan fingerprint density at radius 3 is 2.47 bits per heavy atom. The molecule has 0 fully saturated rings. The van der Waals surface area contributed by atoms with Crippen molar-refractivity contribution in [3.63, 3.8) is 0 Å². The van der Waals surface area contributed by atoms with Crippen LogP contribution in [0.2, 0.25) is 0 Å². The number of rotatable bonds is 0. The van der Waals surface area contributed by atoms with Crippen molar-refractivity contribution in [3.05, 3.63) is 24.0 Å². The van der Waals surface area contributed by atoms with Crippen LogP contribution in [-0.4, -0.2) is 14.7 Å². The molecule has 0 aliphatic heterocycles. The topological polar surface area (TPSA) is 38.0 Å². The SMILES string of the molecule is Cn1c(C(C)(C)C)nc2cccc(O)c21. The van der Waals surface area contributed by atoms with Gasteiger partial charge in [-0.1, -0.05) is 26.8 Å². The van der Waals surface area contributed by atoms with Crippen molar-refractivity contribution in [1.29, 1.82) is 0 Å². The summed E-state index contributed by atoms with van der Waals surface area (Å²) in [5.41, 5.74) is 1.64. The van der Waals surface area contributed by atoms with Gasteiger partial charge < -0.3 is 9.67 Å². The number of imidazole rings is 1. The van der Waals surface area contributed by atoms with Crippen LogP contribution >= 0.6 is 0 Å². The molecule has 0 saturated heterocycles. The van der Waals surface area contributed by atoms with Gasteiger partial charge in [-0.3, -0.25) is 0 Å². The van der Waals surface area contributed by atoms with Gasteiger partial charge in [0.1, 0.15) is 17.1 Å². The van der Waals surface area contributed by atoms with Crippen LogP contribution in [0.5, 0.6) is 5.75 Å². The van der Waals surface area contributed by atoms with E-state index in [9.17, 15) is 5.11 Å². The molecule has 0 aliphatic rings. The molecule has 1 N–H and O–H groups in total. The second kappa shape index (κ2) is 2.99. The van der Waals surface area contributed by atoms with E-state index in [1.807, 2.05) is 23.7 Å². The first-order valence-electron chi connectivity index (χ1n) is 5.06. The zero-order chi connectivity index (χ0) is 11.2. The monoisotopic (exact) mass is 204 g/mol. The molecule has 0 radical (unpaired) electrons. The van der Waals surface area contributed by atoms with E-state index in [1.165, 1.54) is 0 Å². The molecule has 1 aromatic heterocycles. The summed E-state index contributed by atoms with van der Waals surface area (Å²) >= 11 is 0. The van der Waals surface area contributed by atoms with Crippen molar-refractivity contribution in [2.45, 2.75) is 26.2 Å². The highest BCUT2D eigenvalue weighted by molar-refractivity contribution is 5.82. The molecule has 15 heavy (non-hydrogen) atoms. The molecule has 2 rings (SSSR count). The number of phenolic OH excluding ortho intramolecular Hbond substituents is 1. The number of benzene rings is 1. The average Bonchev–Trinajstić information content (AvgIpc) is 2.44. The lowest BCUT2D eigenvalue weighted by Crippen LogP contribution is -2.17. The molecule has 80 valence electrons. The van der Waals surface area contributed by atoms with E-state index < -0.39 is 0 Å². The summed E-state index contributed by atoms with van der Waals surface area (Å²) in [4.78, 5) is 4.55. The molecule has 0 amide bonds. The third-order valence-corrected chi connectivity index (χ3v) is 2.54. The van der Waals surface area contributed by atoms with Gasteiger partial charge in [0.15, 0.2) is 0 Å². The Hall–Kier alpha value is -1.51. The smallest absolute Gasteiger partial charge is 0.141 e. The molecule has 2 aromatic rings. The Bertz CT molecular complexity index is 506. The van der Waals surface area contributed by atoms with Gasteiger partial charge >= 0.3 is 0 Å². The summed E-state index contributed by atoms with van der Waals surface area (Å²) in [6.45, 7) is 6.35. The minimum atomic E-state index is -0.0137. The zero-order valence-corrected chi connectivity index (χ0v) is 9.57. The molecular formula is C12H16N2O. The predicted molar refractivity (Wildman–Crippen MR) is 61.1 cm³/mol. The lowest BCUT2D eigenvalue weighted by Gasteiger charge is -2.17. The number of aryl methyl sites for hydroxylation is 1. The van der Waals surface area contributed by atoms with E-state index in [4.69, 9.17) is 0 Å². The maximum atomic E-state index is 9.77. The van der Waals surface area contributed by atoms with Crippen LogP contribution in [0.25, 0.3) is 11.0 Å². The van der Waals surface area contributed by atoms with Crippen LogP contribution < -0.4 is 0 Å². The lowest BCUT2D eigenvalue weighted by atomic mass is 9.96. The number of aromatic hydroxyl groups is 1. The van der Waals surface area contributed by atoms with Crippen molar-refractivity contribution < 1.29 is 5.11 Å². The number of para-hydroxylation sites is 1. The number of fused-ring (bicyclic) bond motifs is 1. The minimum Gasteiger partial charge on any atom is -0.506 e. The predicted octanol–water partition coefficient (Wildman–Crippen LogP) is 2.58. The van der Waals surface area contributed by atoms with Crippen molar-refractivity contribution in [2.24, 2.45) is 7.05 Å². The highest BCUT2D eigenvalue weighted by Gasteiger charge is 2.22. The standard InChI is InChI=1S/C12H16N2O/c1-12(2,3)11-13-8-6-5-7-9(15)10(8)14(11)4/h5-7,15H,1-4H3. The highest BCUT2D eigenvalue weighted by atomic mass is 16.3. The number of nitrogens with zero attached hydrogens (tertiary/aromatic N) is 2. The molecule has 0 saturated carbocycles. The number of hydrogen-bond donors (Lipinski definition) is 1. The summed E-state index contributed by atoms with van der Waals surface area (Å²) in [7, 11) is 1.94. The molecule has 1 aromatic carbocycles. The highest BCUT2D eigenvalue weighted by Crippen LogP contribution is 2.29. The van der Waals surface area contributed by atoms with Gasteiger partial charge in [-0.25, -0.2) is 4.98 Å². The lowest BCUT2D eigenvalue weighted by molar-refractivity contribution is 0.476. The van der Waals surface area contributed by atoms with E-state index in [1.54, 1.807) is 6.07 Å². The fraction of sp³-hybridized carbons (Fsp3) is 0.417. The van der Waals surface area contributed by atoms with Crippen LogP contribution in [0, 0.1) is 0 Å². The van der Waals surface area contributed by atoms with Gasteiger partial charge in [-0.15, -0.1) is 0 Å². The van der Waals surface area contributed by atoms with Gasteiger partial charge in [-0.2, -0.15) is 0 Å². The molecule has 1 heterocycles. The maximum absolute atomic E-state index is 9.77. The van der Waals surface area contributed by atoms with Gasteiger partial charge in [0.05, 0.1) is 5.52 Å². The van der Waals surface area contributed by atoms with Crippen LogP contribution in [0.4, 0.5) is 0 Å².